The molecule has 0 aliphatic rings. The number of aryl methyl sites for hydroxylation is 1. The van der Waals surface area contributed by atoms with E-state index in [0.717, 1.165) is 33.3 Å². The second kappa shape index (κ2) is 8.01. The molecule has 146 valence electrons. The number of thiazole rings is 1. The van der Waals surface area contributed by atoms with Crippen molar-refractivity contribution in [2.75, 3.05) is 0 Å². The van der Waals surface area contributed by atoms with Gasteiger partial charge in [0, 0.05) is 40.4 Å². The van der Waals surface area contributed by atoms with E-state index in [4.69, 9.17) is 4.98 Å². The summed E-state index contributed by atoms with van der Waals surface area (Å²) in [6, 6.07) is 15.7. The minimum absolute atomic E-state index is 0.0894. The van der Waals surface area contributed by atoms with Crippen molar-refractivity contribution in [3.63, 3.8) is 0 Å². The molecule has 0 spiro atoms. The molecule has 1 amide bonds. The van der Waals surface area contributed by atoms with Crippen molar-refractivity contribution in [2.45, 2.75) is 26.8 Å². The third-order valence-electron chi connectivity index (χ3n) is 4.91. The zero-order valence-corrected chi connectivity index (χ0v) is 17.4. The molecule has 3 heterocycles. The maximum absolute atomic E-state index is 13.0. The number of amides is 1. The van der Waals surface area contributed by atoms with Gasteiger partial charge in [0.2, 0.25) is 0 Å². The Balaban J connectivity index is 1.54. The number of carbonyl (C=O) groups is 1. The number of hydrogen-bond acceptors (Lipinski definition) is 4. The first-order valence-electron chi connectivity index (χ1n) is 9.45. The number of benzene rings is 1. The molecular formula is C23H22N4OS. The first-order valence-corrected chi connectivity index (χ1v) is 10.3. The largest absolute Gasteiger partial charge is 0.343 e. The van der Waals surface area contributed by atoms with Gasteiger partial charge in [-0.05, 0) is 51.1 Å². The Morgan fingerprint density at radius 1 is 1.10 bits per heavy atom. The highest BCUT2D eigenvalue weighted by Gasteiger charge is 2.20. The minimum atomic E-state index is -0.178. The maximum Gasteiger partial charge on any atom is 0.253 e. The Kier molecular flexibility index (Phi) is 5.27. The molecule has 0 aliphatic heterocycles. The van der Waals surface area contributed by atoms with Gasteiger partial charge < -0.3 is 9.88 Å². The van der Waals surface area contributed by atoms with Crippen molar-refractivity contribution in [3.05, 3.63) is 88.3 Å². The van der Waals surface area contributed by atoms with E-state index in [1.54, 1.807) is 23.7 Å². The van der Waals surface area contributed by atoms with Crippen LogP contribution in [0.3, 0.4) is 0 Å². The minimum Gasteiger partial charge on any atom is -0.343 e. The van der Waals surface area contributed by atoms with Crippen molar-refractivity contribution in [1.82, 2.24) is 19.9 Å². The lowest BCUT2D eigenvalue weighted by molar-refractivity contribution is 0.0939. The molecule has 0 saturated heterocycles. The molecule has 3 aromatic heterocycles. The van der Waals surface area contributed by atoms with Gasteiger partial charge in [-0.15, -0.1) is 11.3 Å². The normalized spacial score (nSPS) is 12.0. The summed E-state index contributed by atoms with van der Waals surface area (Å²) < 4.78 is 2.10. The lowest BCUT2D eigenvalue weighted by Crippen LogP contribution is -2.27. The Hall–Kier alpha value is -3.25. The third kappa shape index (κ3) is 3.84. The summed E-state index contributed by atoms with van der Waals surface area (Å²) in [5.41, 5.74) is 5.61. The van der Waals surface area contributed by atoms with Gasteiger partial charge >= 0.3 is 0 Å². The number of nitrogens with one attached hydrogen (secondary N) is 1. The van der Waals surface area contributed by atoms with E-state index in [9.17, 15) is 4.79 Å². The van der Waals surface area contributed by atoms with Crippen LogP contribution in [0.15, 0.2) is 66.3 Å². The number of para-hydroxylation sites is 1. The monoisotopic (exact) mass is 402 g/mol. The van der Waals surface area contributed by atoms with Gasteiger partial charge in [-0.3, -0.25) is 9.78 Å². The predicted octanol–water partition coefficient (Wildman–Crippen LogP) is 5.10. The van der Waals surface area contributed by atoms with E-state index in [2.05, 4.69) is 14.9 Å². The van der Waals surface area contributed by atoms with Crippen molar-refractivity contribution < 1.29 is 4.79 Å². The van der Waals surface area contributed by atoms with Gasteiger partial charge in [0.05, 0.1) is 17.3 Å². The summed E-state index contributed by atoms with van der Waals surface area (Å²) in [7, 11) is 0. The lowest BCUT2D eigenvalue weighted by Gasteiger charge is -2.12. The second-order valence-corrected chi connectivity index (χ2v) is 7.85. The number of carbonyl (C=O) groups excluding carboxylic acids is 1. The fourth-order valence-corrected chi connectivity index (χ4v) is 4.28. The smallest absolute Gasteiger partial charge is 0.253 e. The molecule has 4 aromatic rings. The Bertz CT molecular complexity index is 1130. The van der Waals surface area contributed by atoms with Crippen LogP contribution in [-0.2, 0) is 0 Å². The Labute approximate surface area is 174 Å². The second-order valence-electron chi connectivity index (χ2n) is 6.96. The van der Waals surface area contributed by atoms with Crippen molar-refractivity contribution in [1.29, 1.82) is 0 Å². The van der Waals surface area contributed by atoms with E-state index >= 15 is 0 Å². The van der Waals surface area contributed by atoms with Gasteiger partial charge in [-0.1, -0.05) is 18.2 Å². The van der Waals surface area contributed by atoms with Crippen molar-refractivity contribution >= 4 is 17.2 Å². The zero-order chi connectivity index (χ0) is 20.4. The van der Waals surface area contributed by atoms with E-state index in [-0.39, 0.29) is 11.9 Å². The number of pyridine rings is 1. The SMILES string of the molecule is Cc1cc(C(=O)NC(C)c2nc(-c3ccncc3)cs2)c(C)n1-c1ccccc1. The van der Waals surface area contributed by atoms with Gasteiger partial charge in [-0.25, -0.2) is 4.98 Å². The van der Waals surface area contributed by atoms with Crippen LogP contribution >= 0.6 is 11.3 Å². The standard InChI is InChI=1S/C23H22N4OS/c1-15-13-20(17(3)27(15)19-7-5-4-6-8-19)22(28)25-16(2)23-26-21(14-29-23)18-9-11-24-12-10-18/h4-14,16H,1-3H3,(H,25,28). The van der Waals surface area contributed by atoms with E-state index in [0.29, 0.717) is 5.56 Å². The fraction of sp³-hybridized carbons (Fsp3) is 0.174. The molecule has 1 N–H and O–H groups in total. The van der Waals surface area contributed by atoms with E-state index < -0.39 is 0 Å². The Morgan fingerprint density at radius 2 is 1.83 bits per heavy atom. The van der Waals surface area contributed by atoms with Crippen molar-refractivity contribution in [3.8, 4) is 16.9 Å². The molecule has 1 unspecified atom stereocenters. The molecule has 0 radical (unpaired) electrons. The van der Waals surface area contributed by atoms with Crippen LogP contribution in [-0.4, -0.2) is 20.4 Å². The predicted molar refractivity (Wildman–Crippen MR) is 116 cm³/mol. The van der Waals surface area contributed by atoms with Crippen LogP contribution in [0.25, 0.3) is 16.9 Å². The lowest BCUT2D eigenvalue weighted by atomic mass is 10.2. The van der Waals surface area contributed by atoms with Gasteiger partial charge in [-0.2, -0.15) is 0 Å². The molecule has 1 aromatic carbocycles. The molecular weight excluding hydrogens is 380 g/mol. The quantitative estimate of drug-likeness (QED) is 0.505. The summed E-state index contributed by atoms with van der Waals surface area (Å²) in [6.45, 7) is 5.95. The first kappa shape index (κ1) is 19.1. The number of aromatic nitrogens is 3. The molecule has 6 heteroatoms. The molecule has 4 rings (SSSR count). The molecule has 0 aliphatic carbocycles. The highest BCUT2D eigenvalue weighted by Crippen LogP contribution is 2.26. The van der Waals surface area contributed by atoms with Crippen LogP contribution in [0.2, 0.25) is 0 Å². The van der Waals surface area contributed by atoms with Crippen LogP contribution < -0.4 is 5.32 Å². The average molecular weight is 403 g/mol. The highest BCUT2D eigenvalue weighted by atomic mass is 32.1. The third-order valence-corrected chi connectivity index (χ3v) is 5.93. The van der Waals surface area contributed by atoms with Crippen LogP contribution in [0.5, 0.6) is 0 Å². The fourth-order valence-electron chi connectivity index (χ4n) is 3.44. The first-order chi connectivity index (χ1) is 14.0. The molecule has 1 atom stereocenters. The topological polar surface area (TPSA) is 59.8 Å². The summed E-state index contributed by atoms with van der Waals surface area (Å²) in [5.74, 6) is -0.0894. The summed E-state index contributed by atoms with van der Waals surface area (Å²) in [5, 5.41) is 5.98. The maximum atomic E-state index is 13.0. The number of hydrogen-bond donors (Lipinski definition) is 1. The molecule has 0 fully saturated rings. The van der Waals surface area contributed by atoms with Gasteiger partial charge in [0.25, 0.3) is 5.91 Å². The zero-order valence-electron chi connectivity index (χ0n) is 16.6. The number of rotatable bonds is 5. The van der Waals surface area contributed by atoms with Crippen LogP contribution in [0.1, 0.15) is 39.7 Å². The molecule has 0 bridgehead atoms. The van der Waals surface area contributed by atoms with Crippen LogP contribution in [0, 0.1) is 13.8 Å². The molecule has 0 saturated carbocycles. The average Bonchev–Trinajstić information content (AvgIpc) is 3.34. The van der Waals surface area contributed by atoms with Gasteiger partial charge in [0.1, 0.15) is 5.01 Å². The van der Waals surface area contributed by atoms with E-state index in [1.807, 2.05) is 74.7 Å². The highest BCUT2D eigenvalue weighted by molar-refractivity contribution is 7.10. The van der Waals surface area contributed by atoms with E-state index in [1.165, 1.54) is 0 Å². The van der Waals surface area contributed by atoms with Crippen LogP contribution in [0.4, 0.5) is 0 Å². The summed E-state index contributed by atoms with van der Waals surface area (Å²) in [4.78, 5) is 21.7. The molecule has 5 nitrogen and oxygen atoms in total. The molecule has 29 heavy (non-hydrogen) atoms. The number of nitrogens with zero attached hydrogens (tertiary/aromatic N) is 3. The van der Waals surface area contributed by atoms with Gasteiger partial charge in [0.15, 0.2) is 0 Å². The van der Waals surface area contributed by atoms with Crippen molar-refractivity contribution in [2.24, 2.45) is 0 Å². The summed E-state index contributed by atoms with van der Waals surface area (Å²) >= 11 is 1.55. The summed E-state index contributed by atoms with van der Waals surface area (Å²) in [6.07, 6.45) is 3.50. The Morgan fingerprint density at radius 3 is 2.55 bits per heavy atom.